The number of hydrogen-bond acceptors (Lipinski definition) is 5. The van der Waals surface area contributed by atoms with Crippen LogP contribution in [0.4, 0.5) is 0 Å². The molecule has 0 radical (unpaired) electrons. The van der Waals surface area contributed by atoms with Crippen molar-refractivity contribution in [3.63, 3.8) is 0 Å². The highest BCUT2D eigenvalue weighted by molar-refractivity contribution is 6.30. The molecular weight excluding hydrogens is 314 g/mol. The molecule has 1 saturated carbocycles. The first-order valence-electron chi connectivity index (χ1n) is 8.19. The van der Waals surface area contributed by atoms with Crippen LogP contribution in [0.3, 0.4) is 0 Å². The van der Waals surface area contributed by atoms with Crippen molar-refractivity contribution in [2.24, 2.45) is 5.92 Å². The van der Waals surface area contributed by atoms with E-state index in [-0.39, 0.29) is 6.61 Å². The van der Waals surface area contributed by atoms with Crippen LogP contribution in [-0.4, -0.2) is 28.0 Å². The van der Waals surface area contributed by atoms with Crippen LogP contribution < -0.4 is 5.32 Å². The van der Waals surface area contributed by atoms with Gasteiger partial charge >= 0.3 is 0 Å². The summed E-state index contributed by atoms with van der Waals surface area (Å²) in [6.07, 6.45) is 5.81. The van der Waals surface area contributed by atoms with E-state index in [0.717, 1.165) is 18.4 Å². The lowest BCUT2D eigenvalue weighted by atomic mass is 9.96. The Labute approximate surface area is 141 Å². The van der Waals surface area contributed by atoms with Gasteiger partial charge in [-0.15, -0.1) is 10.2 Å². The topological polar surface area (TPSA) is 71.2 Å². The predicted molar refractivity (Wildman–Crippen MR) is 89.0 cm³/mol. The van der Waals surface area contributed by atoms with E-state index in [1.54, 1.807) is 12.1 Å². The number of rotatable bonds is 5. The third kappa shape index (κ3) is 4.31. The molecule has 5 nitrogen and oxygen atoms in total. The monoisotopic (exact) mass is 335 g/mol. The molecule has 1 fully saturated rings. The molecule has 0 saturated heterocycles. The minimum atomic E-state index is 0.234. The molecular formula is C17H22ClN3O2. The number of nitrogens with zero attached hydrogens (tertiary/aromatic N) is 2. The summed E-state index contributed by atoms with van der Waals surface area (Å²) in [5, 5.41) is 21.9. The highest BCUT2D eigenvalue weighted by Gasteiger charge is 2.23. The summed E-state index contributed by atoms with van der Waals surface area (Å²) >= 11 is 5.88. The first-order valence-corrected chi connectivity index (χ1v) is 8.56. The van der Waals surface area contributed by atoms with Gasteiger partial charge in [0.25, 0.3) is 0 Å². The maximum atomic E-state index is 9.56. The second-order valence-corrected chi connectivity index (χ2v) is 6.51. The number of aliphatic hydroxyl groups is 1. The standard InChI is InChI=1S/C17H22ClN3O2/c18-14-8-6-12(7-9-14)17-21-20-16(23-17)10-19-15-5-3-1-2-4-13(15)11-22/h6-9,13,15,19,22H,1-5,10-11H2. The van der Waals surface area contributed by atoms with Crippen LogP contribution in [0, 0.1) is 5.92 Å². The van der Waals surface area contributed by atoms with E-state index >= 15 is 0 Å². The Bertz CT molecular complexity index is 615. The Morgan fingerprint density at radius 3 is 2.70 bits per heavy atom. The van der Waals surface area contributed by atoms with Gasteiger partial charge in [-0.3, -0.25) is 0 Å². The average Bonchev–Trinajstić information content (AvgIpc) is 2.92. The lowest BCUT2D eigenvalue weighted by Gasteiger charge is -2.23. The second-order valence-electron chi connectivity index (χ2n) is 6.08. The van der Waals surface area contributed by atoms with Crippen molar-refractivity contribution in [2.45, 2.75) is 44.7 Å². The lowest BCUT2D eigenvalue weighted by Crippen LogP contribution is -2.36. The maximum absolute atomic E-state index is 9.56. The van der Waals surface area contributed by atoms with Gasteiger partial charge in [0.05, 0.1) is 6.54 Å². The van der Waals surface area contributed by atoms with Crippen molar-refractivity contribution in [2.75, 3.05) is 6.61 Å². The van der Waals surface area contributed by atoms with Crippen LogP contribution >= 0.6 is 11.6 Å². The van der Waals surface area contributed by atoms with Crippen molar-refractivity contribution in [1.29, 1.82) is 0 Å². The Morgan fingerprint density at radius 2 is 1.91 bits per heavy atom. The maximum Gasteiger partial charge on any atom is 0.247 e. The molecule has 3 rings (SSSR count). The first kappa shape index (κ1) is 16.4. The molecule has 23 heavy (non-hydrogen) atoms. The van der Waals surface area contributed by atoms with Crippen LogP contribution in [0.15, 0.2) is 28.7 Å². The zero-order valence-corrected chi connectivity index (χ0v) is 13.8. The van der Waals surface area contributed by atoms with E-state index in [1.807, 2.05) is 12.1 Å². The summed E-state index contributed by atoms with van der Waals surface area (Å²) in [6.45, 7) is 0.763. The largest absolute Gasteiger partial charge is 0.419 e. The third-order valence-corrected chi connectivity index (χ3v) is 4.72. The molecule has 2 unspecified atom stereocenters. The Morgan fingerprint density at radius 1 is 1.13 bits per heavy atom. The van der Waals surface area contributed by atoms with Crippen molar-refractivity contribution in [1.82, 2.24) is 15.5 Å². The summed E-state index contributed by atoms with van der Waals surface area (Å²) in [5.41, 5.74) is 0.857. The molecule has 1 aromatic heterocycles. The zero-order valence-electron chi connectivity index (χ0n) is 13.0. The minimum absolute atomic E-state index is 0.234. The molecule has 2 aromatic rings. The molecule has 124 valence electrons. The Balaban J connectivity index is 1.61. The summed E-state index contributed by atoms with van der Waals surface area (Å²) in [6, 6.07) is 7.64. The molecule has 6 heteroatoms. The van der Waals surface area contributed by atoms with Crippen molar-refractivity contribution < 1.29 is 9.52 Å². The lowest BCUT2D eigenvalue weighted by molar-refractivity contribution is 0.179. The van der Waals surface area contributed by atoms with E-state index in [0.29, 0.717) is 35.3 Å². The van der Waals surface area contributed by atoms with Gasteiger partial charge < -0.3 is 14.8 Å². The summed E-state index contributed by atoms with van der Waals surface area (Å²) < 4.78 is 5.71. The van der Waals surface area contributed by atoms with E-state index in [2.05, 4.69) is 15.5 Å². The molecule has 0 spiro atoms. The fraction of sp³-hybridized carbons (Fsp3) is 0.529. The number of nitrogens with one attached hydrogen (secondary N) is 1. The highest BCUT2D eigenvalue weighted by Crippen LogP contribution is 2.24. The summed E-state index contributed by atoms with van der Waals surface area (Å²) in [7, 11) is 0. The molecule has 1 heterocycles. The first-order chi connectivity index (χ1) is 11.3. The van der Waals surface area contributed by atoms with Crippen molar-refractivity contribution in [3.8, 4) is 11.5 Å². The number of aliphatic hydroxyl groups excluding tert-OH is 1. The quantitative estimate of drug-likeness (QED) is 0.819. The van der Waals surface area contributed by atoms with Gasteiger partial charge in [-0.25, -0.2) is 0 Å². The SMILES string of the molecule is OCC1CCCCCC1NCc1nnc(-c2ccc(Cl)cc2)o1. The van der Waals surface area contributed by atoms with Crippen LogP contribution in [0.5, 0.6) is 0 Å². The number of benzene rings is 1. The van der Waals surface area contributed by atoms with Gasteiger partial charge in [-0.1, -0.05) is 30.9 Å². The third-order valence-electron chi connectivity index (χ3n) is 4.47. The van der Waals surface area contributed by atoms with Gasteiger partial charge in [0.15, 0.2) is 0 Å². The molecule has 1 aromatic carbocycles. The Hall–Kier alpha value is -1.43. The molecule has 0 amide bonds. The average molecular weight is 336 g/mol. The molecule has 0 aliphatic heterocycles. The van der Waals surface area contributed by atoms with Crippen LogP contribution in [0.2, 0.25) is 5.02 Å². The normalized spacial score (nSPS) is 22.0. The fourth-order valence-corrected chi connectivity index (χ4v) is 3.25. The zero-order chi connectivity index (χ0) is 16.1. The van der Waals surface area contributed by atoms with Crippen molar-refractivity contribution >= 4 is 11.6 Å². The van der Waals surface area contributed by atoms with Gasteiger partial charge in [0.1, 0.15) is 0 Å². The highest BCUT2D eigenvalue weighted by atomic mass is 35.5. The van der Waals surface area contributed by atoms with E-state index < -0.39 is 0 Å². The van der Waals surface area contributed by atoms with Gasteiger partial charge in [0, 0.05) is 23.2 Å². The van der Waals surface area contributed by atoms with Gasteiger partial charge in [0.2, 0.25) is 11.8 Å². The molecule has 2 N–H and O–H groups in total. The summed E-state index contributed by atoms with van der Waals surface area (Å²) in [5.74, 6) is 1.38. The molecule has 0 bridgehead atoms. The molecule has 1 aliphatic rings. The van der Waals surface area contributed by atoms with E-state index in [9.17, 15) is 5.11 Å². The summed E-state index contributed by atoms with van der Waals surface area (Å²) in [4.78, 5) is 0. The van der Waals surface area contributed by atoms with Crippen LogP contribution in [0.25, 0.3) is 11.5 Å². The van der Waals surface area contributed by atoms with E-state index in [1.165, 1.54) is 19.3 Å². The van der Waals surface area contributed by atoms with Crippen LogP contribution in [-0.2, 0) is 6.54 Å². The van der Waals surface area contributed by atoms with Crippen LogP contribution in [0.1, 0.15) is 38.0 Å². The number of aromatic nitrogens is 2. The fourth-order valence-electron chi connectivity index (χ4n) is 3.12. The van der Waals surface area contributed by atoms with Gasteiger partial charge in [-0.2, -0.15) is 0 Å². The van der Waals surface area contributed by atoms with Crippen molar-refractivity contribution in [3.05, 3.63) is 35.2 Å². The second kappa shape index (κ2) is 7.90. The van der Waals surface area contributed by atoms with Gasteiger partial charge in [-0.05, 0) is 43.0 Å². The Kier molecular flexibility index (Phi) is 5.65. The molecule has 1 aliphatic carbocycles. The predicted octanol–water partition coefficient (Wildman–Crippen LogP) is 3.42. The minimum Gasteiger partial charge on any atom is -0.419 e. The number of hydrogen-bond donors (Lipinski definition) is 2. The smallest absolute Gasteiger partial charge is 0.247 e. The number of halogens is 1. The molecule has 2 atom stereocenters. The van der Waals surface area contributed by atoms with E-state index in [4.69, 9.17) is 16.0 Å².